The molecule has 3 aromatic heterocycles. The largest absolute Gasteiger partial charge is 0.460 e. The van der Waals surface area contributed by atoms with Crippen molar-refractivity contribution in [3.8, 4) is 10.6 Å². The molecule has 0 spiro atoms. The van der Waals surface area contributed by atoms with E-state index in [1.54, 1.807) is 34.2 Å². The molecule has 0 aliphatic rings. The summed E-state index contributed by atoms with van der Waals surface area (Å²) < 4.78 is 7.38. The summed E-state index contributed by atoms with van der Waals surface area (Å²) in [5.74, 6) is 1.46. The molecule has 0 saturated heterocycles. The highest BCUT2D eigenvalue weighted by Gasteiger charge is 2.14. The first-order valence-electron chi connectivity index (χ1n) is 8.68. The van der Waals surface area contributed by atoms with Crippen molar-refractivity contribution in [1.82, 2.24) is 4.68 Å². The highest BCUT2D eigenvalue weighted by Crippen LogP contribution is 2.28. The number of hydrogen-bond donors (Lipinski definition) is 0. The number of furan rings is 1. The van der Waals surface area contributed by atoms with E-state index in [4.69, 9.17) is 9.52 Å². The van der Waals surface area contributed by atoms with Crippen LogP contribution in [-0.4, -0.2) is 15.3 Å². The summed E-state index contributed by atoms with van der Waals surface area (Å²) >= 11 is 2.96. The minimum atomic E-state index is -0.433. The van der Waals surface area contributed by atoms with Gasteiger partial charge in [0.2, 0.25) is 4.80 Å². The Kier molecular flexibility index (Phi) is 5.24. The summed E-state index contributed by atoms with van der Waals surface area (Å²) in [7, 11) is 0. The number of thiazole rings is 1. The minimum Gasteiger partial charge on any atom is -0.460 e. The lowest BCUT2D eigenvalue weighted by atomic mass is 10.3. The van der Waals surface area contributed by atoms with E-state index in [2.05, 4.69) is 4.99 Å². The predicted octanol–water partition coefficient (Wildman–Crippen LogP) is 5.59. The van der Waals surface area contributed by atoms with E-state index in [0.29, 0.717) is 16.3 Å². The fourth-order valence-corrected chi connectivity index (χ4v) is 4.35. The fraction of sp³-hybridized carbons (Fsp3) is 0.100. The van der Waals surface area contributed by atoms with Crippen LogP contribution in [0.4, 0.5) is 11.4 Å². The first-order valence-corrected chi connectivity index (χ1v) is 10.4. The Bertz CT molecular complexity index is 1260. The fourth-order valence-electron chi connectivity index (χ4n) is 2.71. The van der Waals surface area contributed by atoms with E-state index < -0.39 is 4.92 Å². The van der Waals surface area contributed by atoms with Crippen molar-refractivity contribution in [3.63, 3.8) is 0 Å². The van der Waals surface area contributed by atoms with Crippen molar-refractivity contribution >= 4 is 39.8 Å². The monoisotopic (exact) mass is 424 g/mol. The van der Waals surface area contributed by atoms with Crippen LogP contribution in [0.5, 0.6) is 0 Å². The number of para-hydroxylation sites is 2. The van der Waals surface area contributed by atoms with Crippen molar-refractivity contribution in [1.29, 1.82) is 0 Å². The Morgan fingerprint density at radius 1 is 1.14 bits per heavy atom. The van der Waals surface area contributed by atoms with Gasteiger partial charge in [0.15, 0.2) is 0 Å². The summed E-state index contributed by atoms with van der Waals surface area (Å²) in [6.45, 7) is 3.73. The van der Waals surface area contributed by atoms with Crippen LogP contribution in [0.2, 0.25) is 0 Å². The molecule has 0 atom stereocenters. The highest BCUT2D eigenvalue weighted by molar-refractivity contribution is 7.14. The molecule has 0 aliphatic heterocycles. The Labute approximate surface area is 174 Å². The van der Waals surface area contributed by atoms with Crippen LogP contribution in [0.15, 0.2) is 73.8 Å². The Hall–Kier alpha value is -3.30. The first-order chi connectivity index (χ1) is 14.0. The number of aromatic nitrogens is 1. The molecular formula is C20H16N4O3S2. The van der Waals surface area contributed by atoms with Crippen LogP contribution in [-0.2, 0) is 0 Å². The lowest BCUT2D eigenvalue weighted by Gasteiger charge is -2.03. The average molecular weight is 425 g/mol. The second-order valence-corrected chi connectivity index (χ2v) is 7.93. The van der Waals surface area contributed by atoms with Gasteiger partial charge in [-0.05, 0) is 43.5 Å². The molecular weight excluding hydrogens is 408 g/mol. The molecule has 9 heteroatoms. The zero-order chi connectivity index (χ0) is 20.4. The number of hydrogen-bond acceptors (Lipinski definition) is 7. The number of nitro benzene ring substituents is 1. The maximum absolute atomic E-state index is 11.4. The summed E-state index contributed by atoms with van der Waals surface area (Å²) in [5.41, 5.74) is 1.78. The molecule has 0 aliphatic carbocycles. The van der Waals surface area contributed by atoms with Gasteiger partial charge in [0.25, 0.3) is 5.69 Å². The van der Waals surface area contributed by atoms with Gasteiger partial charge in [-0.2, -0.15) is 5.10 Å². The number of nitrogens with zero attached hydrogens (tertiary/aromatic N) is 4. The van der Waals surface area contributed by atoms with Crippen molar-refractivity contribution in [2.24, 2.45) is 10.1 Å². The zero-order valence-electron chi connectivity index (χ0n) is 15.6. The van der Waals surface area contributed by atoms with Gasteiger partial charge in [0, 0.05) is 11.4 Å². The maximum Gasteiger partial charge on any atom is 0.294 e. The van der Waals surface area contributed by atoms with Crippen LogP contribution >= 0.6 is 22.7 Å². The third-order valence-electron chi connectivity index (χ3n) is 4.10. The van der Waals surface area contributed by atoms with Crippen LogP contribution < -0.4 is 4.80 Å². The highest BCUT2D eigenvalue weighted by atomic mass is 32.1. The molecule has 3 heterocycles. The summed E-state index contributed by atoms with van der Waals surface area (Å²) in [6.07, 6.45) is 0. The number of nitro groups is 1. The van der Waals surface area contributed by atoms with Gasteiger partial charge in [-0.15, -0.1) is 22.7 Å². The van der Waals surface area contributed by atoms with Gasteiger partial charge >= 0.3 is 0 Å². The number of rotatable bonds is 5. The molecule has 29 heavy (non-hydrogen) atoms. The molecule has 1 aromatic carbocycles. The van der Waals surface area contributed by atoms with Crippen molar-refractivity contribution in [2.45, 2.75) is 13.8 Å². The Balaban J connectivity index is 1.91. The van der Waals surface area contributed by atoms with Gasteiger partial charge < -0.3 is 4.42 Å². The quantitative estimate of drug-likeness (QED) is 0.238. The molecule has 0 N–H and O–H groups in total. The van der Waals surface area contributed by atoms with Crippen LogP contribution in [0.1, 0.15) is 18.4 Å². The number of thiophene rings is 1. The molecule has 0 fully saturated rings. The lowest BCUT2D eigenvalue weighted by molar-refractivity contribution is -0.384. The maximum atomic E-state index is 11.4. The zero-order valence-corrected chi connectivity index (χ0v) is 17.2. The molecule has 0 unspecified atom stereocenters. The van der Waals surface area contributed by atoms with E-state index in [9.17, 15) is 10.1 Å². The molecule has 4 rings (SSSR count). The van der Waals surface area contributed by atoms with Gasteiger partial charge in [0.05, 0.1) is 15.5 Å². The Morgan fingerprint density at radius 2 is 1.97 bits per heavy atom. The van der Waals surface area contributed by atoms with Crippen molar-refractivity contribution in [3.05, 3.63) is 85.7 Å². The molecule has 4 aromatic rings. The summed E-state index contributed by atoms with van der Waals surface area (Å²) in [6, 6.07) is 14.1. The van der Waals surface area contributed by atoms with E-state index in [1.165, 1.54) is 17.4 Å². The third-order valence-corrected chi connectivity index (χ3v) is 5.81. The molecule has 0 radical (unpaired) electrons. The van der Waals surface area contributed by atoms with Gasteiger partial charge in [-0.1, -0.05) is 18.2 Å². The van der Waals surface area contributed by atoms with E-state index >= 15 is 0 Å². The minimum absolute atomic E-state index is 0.0486. The molecule has 0 amide bonds. The average Bonchev–Trinajstić information content (AvgIpc) is 3.44. The molecule has 0 saturated carbocycles. The molecule has 146 valence electrons. The van der Waals surface area contributed by atoms with E-state index in [-0.39, 0.29) is 11.4 Å². The van der Waals surface area contributed by atoms with Gasteiger partial charge in [0.1, 0.15) is 22.9 Å². The summed E-state index contributed by atoms with van der Waals surface area (Å²) in [5, 5.41) is 20.0. The first kappa shape index (κ1) is 19.0. The van der Waals surface area contributed by atoms with Crippen LogP contribution in [0.3, 0.4) is 0 Å². The van der Waals surface area contributed by atoms with E-state index in [0.717, 1.165) is 16.3 Å². The second kappa shape index (κ2) is 7.98. The van der Waals surface area contributed by atoms with E-state index in [1.807, 2.05) is 48.9 Å². The number of benzene rings is 1. The molecule has 7 nitrogen and oxygen atoms in total. The van der Waals surface area contributed by atoms with Crippen LogP contribution in [0, 0.1) is 17.0 Å². The normalized spacial score (nSPS) is 12.5. The molecule has 0 bridgehead atoms. The third kappa shape index (κ3) is 3.96. The Morgan fingerprint density at radius 3 is 2.66 bits per heavy atom. The van der Waals surface area contributed by atoms with Crippen molar-refractivity contribution in [2.75, 3.05) is 0 Å². The van der Waals surface area contributed by atoms with Crippen LogP contribution in [0.25, 0.3) is 10.6 Å². The smallest absolute Gasteiger partial charge is 0.294 e. The number of aryl methyl sites for hydroxylation is 1. The summed E-state index contributed by atoms with van der Waals surface area (Å²) in [4.78, 5) is 17.0. The topological polar surface area (TPSA) is 85.9 Å². The standard InChI is InChI=1S/C20H16N4O3S2/c1-13-9-10-18(27-13)14(2)22-23-17(19-8-5-11-28-19)12-29-20(23)21-15-6-3-4-7-16(15)24(25)26/h3-12H,1-2H3. The second-order valence-electron chi connectivity index (χ2n) is 6.15. The van der Waals surface area contributed by atoms with Gasteiger partial charge in [-0.25, -0.2) is 9.67 Å². The lowest BCUT2D eigenvalue weighted by Crippen LogP contribution is -2.13. The van der Waals surface area contributed by atoms with Crippen molar-refractivity contribution < 1.29 is 9.34 Å². The van der Waals surface area contributed by atoms with Gasteiger partial charge in [-0.3, -0.25) is 10.1 Å². The predicted molar refractivity (Wildman–Crippen MR) is 115 cm³/mol. The SMILES string of the molecule is CC(=Nn1c(-c2cccs2)csc1=Nc1ccccc1[N+](=O)[O-])c1ccc(C)o1.